The van der Waals surface area contributed by atoms with Crippen molar-refractivity contribution in [1.29, 1.82) is 0 Å². The van der Waals surface area contributed by atoms with Gasteiger partial charge in [-0.3, -0.25) is 21.0 Å². The molecule has 0 saturated carbocycles. The van der Waals surface area contributed by atoms with Crippen LogP contribution >= 0.6 is 0 Å². The first kappa shape index (κ1) is 17.0. The summed E-state index contributed by atoms with van der Waals surface area (Å²) in [5.74, 6) is 0.502. The molecule has 9 heteroatoms. The molecule has 2 aromatic carbocycles. The first-order valence-corrected chi connectivity index (χ1v) is 7.56. The lowest BCUT2D eigenvalue weighted by Crippen LogP contribution is -2.12. The minimum Gasteiger partial charge on any atom is -0.493 e. The van der Waals surface area contributed by atoms with Crippen molar-refractivity contribution < 1.29 is 14.4 Å². The van der Waals surface area contributed by atoms with E-state index >= 15 is 0 Å². The highest BCUT2D eigenvalue weighted by atomic mass is 16.6. The molecule has 132 valence electrons. The van der Waals surface area contributed by atoms with Gasteiger partial charge in [0.05, 0.1) is 17.7 Å². The Morgan fingerprint density at radius 1 is 0.962 bits per heavy atom. The zero-order valence-corrected chi connectivity index (χ0v) is 13.7. The SMILES string of the molecule is COc1ccccc1Oc1ncnc(NNc2ccccc2)c1[N+](=O)[O-]. The van der Waals surface area contributed by atoms with E-state index in [1.54, 1.807) is 36.4 Å². The zero-order valence-electron chi connectivity index (χ0n) is 13.7. The van der Waals surface area contributed by atoms with Gasteiger partial charge < -0.3 is 9.47 Å². The summed E-state index contributed by atoms with van der Waals surface area (Å²) in [6.07, 6.45) is 1.17. The van der Waals surface area contributed by atoms with Gasteiger partial charge in [0.15, 0.2) is 11.5 Å². The monoisotopic (exact) mass is 353 g/mol. The van der Waals surface area contributed by atoms with E-state index in [2.05, 4.69) is 20.8 Å². The molecule has 0 saturated heterocycles. The van der Waals surface area contributed by atoms with Crippen molar-refractivity contribution in [2.75, 3.05) is 18.0 Å². The van der Waals surface area contributed by atoms with Crippen molar-refractivity contribution >= 4 is 17.2 Å². The number of nitro groups is 1. The van der Waals surface area contributed by atoms with Crippen LogP contribution in [0.2, 0.25) is 0 Å². The van der Waals surface area contributed by atoms with Gasteiger partial charge in [0.1, 0.15) is 6.33 Å². The quantitative estimate of drug-likeness (QED) is 0.489. The number of ether oxygens (including phenoxy) is 2. The molecule has 3 rings (SSSR count). The standard InChI is InChI=1S/C17H15N5O4/c1-25-13-9-5-6-10-14(13)26-17-15(22(23)24)16(18-11-19-17)21-20-12-7-3-2-4-8-12/h2-11,20H,1H3,(H,18,19,21). The molecule has 3 aromatic rings. The fraction of sp³-hybridized carbons (Fsp3) is 0.0588. The second-order valence-corrected chi connectivity index (χ2v) is 5.00. The van der Waals surface area contributed by atoms with Gasteiger partial charge in [0, 0.05) is 0 Å². The van der Waals surface area contributed by atoms with Gasteiger partial charge in [-0.05, 0) is 24.3 Å². The highest BCUT2D eigenvalue weighted by Gasteiger charge is 2.25. The van der Waals surface area contributed by atoms with Gasteiger partial charge in [-0.25, -0.2) is 4.98 Å². The number of hydrogen-bond donors (Lipinski definition) is 2. The fourth-order valence-corrected chi connectivity index (χ4v) is 2.15. The highest BCUT2D eigenvalue weighted by Crippen LogP contribution is 2.37. The van der Waals surface area contributed by atoms with E-state index in [1.165, 1.54) is 13.4 Å². The third kappa shape index (κ3) is 3.78. The third-order valence-corrected chi connectivity index (χ3v) is 3.35. The van der Waals surface area contributed by atoms with Crippen molar-refractivity contribution in [3.63, 3.8) is 0 Å². The number of rotatable bonds is 7. The number of para-hydroxylation sites is 3. The van der Waals surface area contributed by atoms with Gasteiger partial charge in [-0.2, -0.15) is 4.98 Å². The van der Waals surface area contributed by atoms with Crippen LogP contribution in [-0.4, -0.2) is 22.0 Å². The lowest BCUT2D eigenvalue weighted by Gasteiger charge is -2.12. The highest BCUT2D eigenvalue weighted by molar-refractivity contribution is 5.64. The average Bonchev–Trinajstić information content (AvgIpc) is 2.67. The third-order valence-electron chi connectivity index (χ3n) is 3.35. The van der Waals surface area contributed by atoms with Crippen molar-refractivity contribution in [2.45, 2.75) is 0 Å². The Hall–Kier alpha value is -3.88. The minimum atomic E-state index is -0.611. The predicted molar refractivity (Wildman–Crippen MR) is 95.4 cm³/mol. The maximum absolute atomic E-state index is 11.5. The van der Waals surface area contributed by atoms with Crippen LogP contribution in [0.1, 0.15) is 0 Å². The molecule has 0 radical (unpaired) electrons. The summed E-state index contributed by atoms with van der Waals surface area (Å²) in [4.78, 5) is 18.7. The molecule has 2 N–H and O–H groups in total. The Labute approximate surface area is 148 Å². The van der Waals surface area contributed by atoms with Crippen LogP contribution in [0.3, 0.4) is 0 Å². The largest absolute Gasteiger partial charge is 0.493 e. The maximum Gasteiger partial charge on any atom is 0.374 e. The minimum absolute atomic E-state index is 0.0289. The van der Waals surface area contributed by atoms with Crippen molar-refractivity contribution in [3.05, 3.63) is 71.0 Å². The van der Waals surface area contributed by atoms with Gasteiger partial charge in [0.2, 0.25) is 5.82 Å². The first-order valence-electron chi connectivity index (χ1n) is 7.56. The van der Waals surface area contributed by atoms with E-state index in [0.717, 1.165) is 0 Å². The van der Waals surface area contributed by atoms with Crippen molar-refractivity contribution in [2.24, 2.45) is 0 Å². The van der Waals surface area contributed by atoms with Crippen LogP contribution in [0, 0.1) is 10.1 Å². The maximum atomic E-state index is 11.5. The zero-order chi connectivity index (χ0) is 18.4. The number of hydrazine groups is 1. The summed E-state index contributed by atoms with van der Waals surface area (Å²) < 4.78 is 10.8. The lowest BCUT2D eigenvalue weighted by molar-refractivity contribution is -0.385. The number of methoxy groups -OCH3 is 1. The molecule has 0 fully saturated rings. The van der Waals surface area contributed by atoms with Crippen LogP contribution in [0.25, 0.3) is 0 Å². The Balaban J connectivity index is 1.90. The molecule has 0 amide bonds. The smallest absolute Gasteiger partial charge is 0.374 e. The summed E-state index contributed by atoms with van der Waals surface area (Å²) >= 11 is 0. The number of benzene rings is 2. The number of anilines is 2. The summed E-state index contributed by atoms with van der Waals surface area (Å²) in [6.45, 7) is 0. The molecule has 0 aliphatic carbocycles. The molecular formula is C17H15N5O4. The summed E-state index contributed by atoms with van der Waals surface area (Å²) in [6, 6.07) is 15.9. The topological polar surface area (TPSA) is 111 Å². The Bertz CT molecular complexity index is 905. The summed E-state index contributed by atoms with van der Waals surface area (Å²) in [7, 11) is 1.48. The van der Waals surface area contributed by atoms with Gasteiger partial charge in [-0.1, -0.05) is 30.3 Å². The molecule has 1 heterocycles. The number of nitrogens with one attached hydrogen (secondary N) is 2. The summed E-state index contributed by atoms with van der Waals surface area (Å²) in [5, 5.41) is 11.5. The average molecular weight is 353 g/mol. The first-order chi connectivity index (χ1) is 12.7. The van der Waals surface area contributed by atoms with E-state index in [-0.39, 0.29) is 11.7 Å². The Kier molecular flexibility index (Phi) is 5.08. The van der Waals surface area contributed by atoms with Crippen LogP contribution in [0.5, 0.6) is 17.4 Å². The molecular weight excluding hydrogens is 338 g/mol. The van der Waals surface area contributed by atoms with E-state index in [1.807, 2.05) is 18.2 Å². The molecule has 0 aliphatic heterocycles. The van der Waals surface area contributed by atoms with Crippen molar-refractivity contribution in [1.82, 2.24) is 9.97 Å². The van der Waals surface area contributed by atoms with Gasteiger partial charge in [0.25, 0.3) is 0 Å². The van der Waals surface area contributed by atoms with Gasteiger partial charge in [-0.15, -0.1) is 0 Å². The number of nitrogens with zero attached hydrogens (tertiary/aromatic N) is 3. The molecule has 0 atom stereocenters. The van der Waals surface area contributed by atoms with Crippen LogP contribution in [0.15, 0.2) is 60.9 Å². The molecule has 0 spiro atoms. The molecule has 0 aliphatic rings. The fourth-order valence-electron chi connectivity index (χ4n) is 2.15. The number of aromatic nitrogens is 2. The van der Waals surface area contributed by atoms with Gasteiger partial charge >= 0.3 is 11.6 Å². The Morgan fingerprint density at radius 2 is 1.65 bits per heavy atom. The van der Waals surface area contributed by atoms with Crippen molar-refractivity contribution in [3.8, 4) is 17.4 Å². The molecule has 9 nitrogen and oxygen atoms in total. The summed E-state index contributed by atoms with van der Waals surface area (Å²) in [5.41, 5.74) is 5.87. The lowest BCUT2D eigenvalue weighted by atomic mass is 10.3. The number of hydrogen-bond acceptors (Lipinski definition) is 8. The van der Waals surface area contributed by atoms with Crippen LogP contribution in [-0.2, 0) is 0 Å². The molecule has 0 unspecified atom stereocenters. The molecule has 26 heavy (non-hydrogen) atoms. The van der Waals surface area contributed by atoms with E-state index < -0.39 is 10.6 Å². The Morgan fingerprint density at radius 3 is 2.35 bits per heavy atom. The van der Waals surface area contributed by atoms with E-state index in [0.29, 0.717) is 17.2 Å². The van der Waals surface area contributed by atoms with E-state index in [4.69, 9.17) is 9.47 Å². The normalized spacial score (nSPS) is 10.0. The van der Waals surface area contributed by atoms with Crippen LogP contribution < -0.4 is 20.3 Å². The van der Waals surface area contributed by atoms with E-state index in [9.17, 15) is 10.1 Å². The predicted octanol–water partition coefficient (Wildman–Crippen LogP) is 3.62. The molecule has 1 aromatic heterocycles. The van der Waals surface area contributed by atoms with Crippen LogP contribution in [0.4, 0.5) is 17.2 Å². The second kappa shape index (κ2) is 7.79. The second-order valence-electron chi connectivity index (χ2n) is 5.00. The molecule has 0 bridgehead atoms.